The van der Waals surface area contributed by atoms with Crippen LogP contribution in [0.15, 0.2) is 70.0 Å². The van der Waals surface area contributed by atoms with Crippen molar-refractivity contribution in [3.8, 4) is 11.3 Å². The lowest BCUT2D eigenvalue weighted by Gasteiger charge is -2.14. The molecule has 0 radical (unpaired) electrons. The monoisotopic (exact) mass is 411 g/mol. The first-order valence-corrected chi connectivity index (χ1v) is 9.82. The smallest absolute Gasteiger partial charge is 0.270 e. The van der Waals surface area contributed by atoms with Crippen molar-refractivity contribution in [1.82, 2.24) is 0 Å². The van der Waals surface area contributed by atoms with E-state index in [1.54, 1.807) is 11.0 Å². The quantitative estimate of drug-likeness (QED) is 0.373. The average molecular weight is 412 g/mol. The van der Waals surface area contributed by atoms with E-state index in [1.165, 1.54) is 11.8 Å². The number of hydrogen-bond donors (Lipinski definition) is 0. The van der Waals surface area contributed by atoms with E-state index < -0.39 is 0 Å². The molecule has 1 fully saturated rings. The molecule has 1 saturated heterocycles. The molecule has 6 heteroatoms. The number of carbonyl (C=O) groups excluding carboxylic acids is 1. The van der Waals surface area contributed by atoms with Crippen LogP contribution in [-0.2, 0) is 4.79 Å². The predicted octanol–water partition coefficient (Wildman–Crippen LogP) is 6.31. The first kappa shape index (κ1) is 18.0. The Balaban J connectivity index is 1.63. The van der Waals surface area contributed by atoms with Crippen LogP contribution >= 0.6 is 35.6 Å². The number of furan rings is 1. The fourth-order valence-corrected chi connectivity index (χ4v) is 4.33. The van der Waals surface area contributed by atoms with Gasteiger partial charge in [-0.15, -0.1) is 0 Å². The van der Waals surface area contributed by atoms with Crippen LogP contribution in [0.1, 0.15) is 11.3 Å². The molecule has 27 heavy (non-hydrogen) atoms. The fraction of sp³-hybridized carbons (Fsp3) is 0.0476. The van der Waals surface area contributed by atoms with Gasteiger partial charge in [-0.1, -0.05) is 59.8 Å². The molecule has 0 N–H and O–H groups in total. The van der Waals surface area contributed by atoms with Gasteiger partial charge in [-0.2, -0.15) is 0 Å². The molecule has 0 bridgehead atoms. The van der Waals surface area contributed by atoms with Crippen LogP contribution in [0.3, 0.4) is 0 Å². The number of anilines is 1. The van der Waals surface area contributed by atoms with E-state index in [0.717, 1.165) is 16.8 Å². The Hall–Kier alpha value is -2.34. The van der Waals surface area contributed by atoms with Crippen molar-refractivity contribution in [2.24, 2.45) is 0 Å². The highest BCUT2D eigenvalue weighted by molar-refractivity contribution is 8.27. The minimum absolute atomic E-state index is 0.147. The van der Waals surface area contributed by atoms with Crippen molar-refractivity contribution >= 4 is 57.6 Å². The summed E-state index contributed by atoms with van der Waals surface area (Å²) in [5.74, 6) is 1.09. The van der Waals surface area contributed by atoms with E-state index in [1.807, 2.05) is 67.6 Å². The van der Waals surface area contributed by atoms with E-state index in [2.05, 4.69) is 0 Å². The van der Waals surface area contributed by atoms with Gasteiger partial charge >= 0.3 is 0 Å². The average Bonchev–Trinajstić information content (AvgIpc) is 3.20. The topological polar surface area (TPSA) is 33.5 Å². The van der Waals surface area contributed by atoms with Gasteiger partial charge in [-0.3, -0.25) is 9.69 Å². The molecule has 0 saturated carbocycles. The normalized spacial score (nSPS) is 15.8. The number of halogens is 1. The molecule has 2 heterocycles. The van der Waals surface area contributed by atoms with Crippen molar-refractivity contribution in [3.63, 3.8) is 0 Å². The van der Waals surface area contributed by atoms with Crippen molar-refractivity contribution in [2.75, 3.05) is 4.90 Å². The zero-order valence-corrected chi connectivity index (χ0v) is 16.7. The lowest BCUT2D eigenvalue weighted by Crippen LogP contribution is -2.27. The molecule has 0 unspecified atom stereocenters. The molecule has 1 aliphatic heterocycles. The summed E-state index contributed by atoms with van der Waals surface area (Å²) in [4.78, 5) is 14.9. The van der Waals surface area contributed by atoms with Gasteiger partial charge in [0.15, 0.2) is 4.32 Å². The summed E-state index contributed by atoms with van der Waals surface area (Å²) in [7, 11) is 0. The Labute approximate surface area is 171 Å². The van der Waals surface area contributed by atoms with Gasteiger partial charge in [0.1, 0.15) is 11.5 Å². The first-order valence-electron chi connectivity index (χ1n) is 8.22. The van der Waals surface area contributed by atoms with Crippen LogP contribution in [0.2, 0.25) is 5.02 Å². The van der Waals surface area contributed by atoms with E-state index in [9.17, 15) is 4.79 Å². The maximum absolute atomic E-state index is 12.8. The number of aryl methyl sites for hydroxylation is 1. The lowest BCUT2D eigenvalue weighted by molar-refractivity contribution is -0.113. The highest BCUT2D eigenvalue weighted by atomic mass is 35.5. The maximum Gasteiger partial charge on any atom is 0.270 e. The first-order chi connectivity index (χ1) is 13.0. The number of carbonyl (C=O) groups is 1. The number of benzene rings is 2. The summed E-state index contributed by atoms with van der Waals surface area (Å²) in [5, 5.41) is 0.615. The third-order valence-electron chi connectivity index (χ3n) is 4.09. The van der Waals surface area contributed by atoms with Gasteiger partial charge in [0.25, 0.3) is 5.91 Å². The van der Waals surface area contributed by atoms with Crippen molar-refractivity contribution in [2.45, 2.75) is 6.92 Å². The standard InChI is InChI=1S/C21H14ClNO2S2/c1-13-5-4-6-14(11-13)23-20(24)19(27-21(23)26)12-15-9-10-18(25-15)16-7-2-3-8-17(16)22/h2-12H,1H3/b19-12+. The number of thioether (sulfide) groups is 1. The van der Waals surface area contributed by atoms with Crippen LogP contribution in [0.25, 0.3) is 17.4 Å². The highest BCUT2D eigenvalue weighted by Gasteiger charge is 2.33. The second kappa shape index (κ2) is 7.35. The Morgan fingerprint density at radius 3 is 2.70 bits per heavy atom. The van der Waals surface area contributed by atoms with Gasteiger partial charge in [-0.25, -0.2) is 0 Å². The van der Waals surface area contributed by atoms with Crippen molar-refractivity contribution in [1.29, 1.82) is 0 Å². The fourth-order valence-electron chi connectivity index (χ4n) is 2.82. The third kappa shape index (κ3) is 3.58. The van der Waals surface area contributed by atoms with Gasteiger partial charge < -0.3 is 4.42 Å². The van der Waals surface area contributed by atoms with Gasteiger partial charge in [-0.05, 0) is 48.9 Å². The number of amides is 1. The van der Waals surface area contributed by atoms with E-state index in [-0.39, 0.29) is 5.91 Å². The molecule has 0 aliphatic carbocycles. The summed E-state index contributed by atoms with van der Waals surface area (Å²) >= 11 is 12.9. The molecule has 1 aliphatic rings. The van der Waals surface area contributed by atoms with Crippen LogP contribution in [0.4, 0.5) is 5.69 Å². The van der Waals surface area contributed by atoms with Crippen LogP contribution in [0, 0.1) is 6.92 Å². The Bertz CT molecular complexity index is 1090. The molecule has 1 amide bonds. The van der Waals surface area contributed by atoms with Crippen LogP contribution in [-0.4, -0.2) is 10.2 Å². The minimum atomic E-state index is -0.147. The molecule has 1 aromatic heterocycles. The van der Waals surface area contributed by atoms with E-state index >= 15 is 0 Å². The van der Waals surface area contributed by atoms with Gasteiger partial charge in [0.2, 0.25) is 0 Å². The molecular formula is C21H14ClNO2S2. The van der Waals surface area contributed by atoms with Crippen molar-refractivity contribution < 1.29 is 9.21 Å². The number of nitrogens with zero attached hydrogens (tertiary/aromatic N) is 1. The highest BCUT2D eigenvalue weighted by Crippen LogP contribution is 2.37. The number of thiocarbonyl (C=S) groups is 1. The largest absolute Gasteiger partial charge is 0.457 e. The SMILES string of the molecule is Cc1cccc(N2C(=O)/C(=C\c3ccc(-c4ccccc4Cl)o3)SC2=S)c1. The Morgan fingerprint density at radius 1 is 1.11 bits per heavy atom. The molecular weight excluding hydrogens is 398 g/mol. The molecule has 0 spiro atoms. The lowest BCUT2D eigenvalue weighted by atomic mass is 10.2. The molecule has 4 rings (SSSR count). The predicted molar refractivity (Wildman–Crippen MR) is 116 cm³/mol. The summed E-state index contributed by atoms with van der Waals surface area (Å²) in [6, 6.07) is 18.8. The van der Waals surface area contributed by atoms with Gasteiger partial charge in [0.05, 0.1) is 15.6 Å². The second-order valence-corrected chi connectivity index (χ2v) is 8.12. The van der Waals surface area contributed by atoms with Crippen LogP contribution < -0.4 is 4.90 Å². The van der Waals surface area contributed by atoms with E-state index in [0.29, 0.717) is 25.8 Å². The van der Waals surface area contributed by atoms with Crippen molar-refractivity contribution in [3.05, 3.63) is 81.9 Å². The molecule has 134 valence electrons. The zero-order valence-electron chi connectivity index (χ0n) is 14.3. The van der Waals surface area contributed by atoms with Crippen LogP contribution in [0.5, 0.6) is 0 Å². The third-order valence-corrected chi connectivity index (χ3v) is 5.72. The zero-order chi connectivity index (χ0) is 19.0. The maximum atomic E-state index is 12.8. The van der Waals surface area contributed by atoms with E-state index in [4.69, 9.17) is 28.2 Å². The Kier molecular flexibility index (Phi) is 4.91. The second-order valence-electron chi connectivity index (χ2n) is 6.04. The Morgan fingerprint density at radius 2 is 1.93 bits per heavy atom. The number of hydrogen-bond acceptors (Lipinski definition) is 4. The molecule has 3 nitrogen and oxygen atoms in total. The van der Waals surface area contributed by atoms with Gasteiger partial charge in [0, 0.05) is 11.6 Å². The summed E-state index contributed by atoms with van der Waals surface area (Å²) < 4.78 is 6.38. The number of rotatable bonds is 3. The minimum Gasteiger partial charge on any atom is -0.457 e. The molecule has 3 aromatic rings. The summed E-state index contributed by atoms with van der Waals surface area (Å²) in [6.07, 6.45) is 1.72. The molecule has 0 atom stereocenters. The molecule has 2 aromatic carbocycles. The summed E-state index contributed by atoms with van der Waals surface area (Å²) in [5.41, 5.74) is 2.66. The summed E-state index contributed by atoms with van der Waals surface area (Å²) in [6.45, 7) is 1.98.